The number of hydrogen-bond donors (Lipinski definition) is 2. The molecule has 1 aliphatic rings. The van der Waals surface area contributed by atoms with Gasteiger partial charge in [0.1, 0.15) is 5.52 Å². The summed E-state index contributed by atoms with van der Waals surface area (Å²) in [5.74, 6) is 2.53. The van der Waals surface area contributed by atoms with Crippen LogP contribution in [0.15, 0.2) is 6.33 Å². The van der Waals surface area contributed by atoms with Gasteiger partial charge in [-0.15, -0.1) is 0 Å². The van der Waals surface area contributed by atoms with Crippen molar-refractivity contribution in [2.75, 3.05) is 29.9 Å². The SMILES string of the molecule is CCCC1CCN(c2nc(NCC)nc3nc[nH]c23)CC1. The van der Waals surface area contributed by atoms with Crippen LogP contribution in [0.4, 0.5) is 11.8 Å². The molecular formula is C15H24N6. The van der Waals surface area contributed by atoms with Gasteiger partial charge in [-0.05, 0) is 25.7 Å². The first kappa shape index (κ1) is 14.1. The lowest BCUT2D eigenvalue weighted by Crippen LogP contribution is -2.34. The average molecular weight is 288 g/mol. The van der Waals surface area contributed by atoms with Crippen LogP contribution in [0.5, 0.6) is 0 Å². The van der Waals surface area contributed by atoms with Gasteiger partial charge in [0.05, 0.1) is 6.33 Å². The second-order valence-electron chi connectivity index (χ2n) is 5.72. The van der Waals surface area contributed by atoms with Crippen molar-refractivity contribution < 1.29 is 0 Å². The highest BCUT2D eigenvalue weighted by Crippen LogP contribution is 2.28. The van der Waals surface area contributed by atoms with Crippen LogP contribution in [0.2, 0.25) is 0 Å². The van der Waals surface area contributed by atoms with Crippen LogP contribution < -0.4 is 10.2 Å². The molecule has 0 spiro atoms. The highest BCUT2D eigenvalue weighted by molar-refractivity contribution is 5.84. The lowest BCUT2D eigenvalue weighted by Gasteiger charge is -2.32. The molecule has 0 unspecified atom stereocenters. The Morgan fingerprint density at radius 1 is 1.29 bits per heavy atom. The number of H-pyrrole nitrogens is 1. The van der Waals surface area contributed by atoms with Crippen molar-refractivity contribution in [3.63, 3.8) is 0 Å². The van der Waals surface area contributed by atoms with E-state index in [0.717, 1.165) is 42.5 Å². The molecule has 6 nitrogen and oxygen atoms in total. The van der Waals surface area contributed by atoms with Gasteiger partial charge in [0, 0.05) is 19.6 Å². The van der Waals surface area contributed by atoms with Gasteiger partial charge >= 0.3 is 0 Å². The van der Waals surface area contributed by atoms with E-state index >= 15 is 0 Å². The van der Waals surface area contributed by atoms with Gasteiger partial charge < -0.3 is 15.2 Å². The molecule has 1 saturated heterocycles. The van der Waals surface area contributed by atoms with Gasteiger partial charge in [-0.2, -0.15) is 9.97 Å². The Balaban J connectivity index is 1.84. The van der Waals surface area contributed by atoms with Crippen LogP contribution in [0.3, 0.4) is 0 Å². The number of piperidine rings is 1. The Labute approximate surface area is 125 Å². The molecule has 114 valence electrons. The number of fused-ring (bicyclic) bond motifs is 1. The molecule has 3 heterocycles. The van der Waals surface area contributed by atoms with Crippen LogP contribution in [0.1, 0.15) is 39.5 Å². The smallest absolute Gasteiger partial charge is 0.226 e. The monoisotopic (exact) mass is 288 g/mol. The fourth-order valence-corrected chi connectivity index (χ4v) is 3.13. The molecule has 6 heteroatoms. The van der Waals surface area contributed by atoms with Crippen molar-refractivity contribution in [3.8, 4) is 0 Å². The molecule has 2 aromatic heterocycles. The summed E-state index contributed by atoms with van der Waals surface area (Å²) in [6.07, 6.45) is 6.84. The number of nitrogens with one attached hydrogen (secondary N) is 2. The maximum Gasteiger partial charge on any atom is 0.226 e. The first-order valence-electron chi connectivity index (χ1n) is 8.01. The van der Waals surface area contributed by atoms with E-state index in [9.17, 15) is 0 Å². The Hall–Kier alpha value is -1.85. The largest absolute Gasteiger partial charge is 0.355 e. The third kappa shape index (κ3) is 2.94. The van der Waals surface area contributed by atoms with E-state index < -0.39 is 0 Å². The van der Waals surface area contributed by atoms with Gasteiger partial charge in [0.25, 0.3) is 0 Å². The van der Waals surface area contributed by atoms with Crippen molar-refractivity contribution in [3.05, 3.63) is 6.33 Å². The molecule has 2 N–H and O–H groups in total. The van der Waals surface area contributed by atoms with E-state index in [1.54, 1.807) is 6.33 Å². The molecule has 0 aromatic carbocycles. The minimum absolute atomic E-state index is 0.669. The second kappa shape index (κ2) is 6.28. The number of rotatable bonds is 5. The lowest BCUT2D eigenvalue weighted by atomic mass is 9.92. The number of anilines is 2. The maximum absolute atomic E-state index is 4.69. The Morgan fingerprint density at radius 2 is 2.10 bits per heavy atom. The minimum atomic E-state index is 0.669. The number of aromatic amines is 1. The zero-order valence-corrected chi connectivity index (χ0v) is 12.9. The summed E-state index contributed by atoms with van der Waals surface area (Å²) >= 11 is 0. The molecule has 1 fully saturated rings. The zero-order valence-electron chi connectivity index (χ0n) is 12.9. The highest BCUT2D eigenvalue weighted by Gasteiger charge is 2.22. The van der Waals surface area contributed by atoms with Gasteiger partial charge in [-0.1, -0.05) is 19.8 Å². The van der Waals surface area contributed by atoms with E-state index in [1.807, 2.05) is 6.92 Å². The van der Waals surface area contributed by atoms with Gasteiger partial charge in [-0.3, -0.25) is 0 Å². The molecule has 2 aromatic rings. The quantitative estimate of drug-likeness (QED) is 0.885. The van der Waals surface area contributed by atoms with Crippen LogP contribution in [0.25, 0.3) is 11.2 Å². The van der Waals surface area contributed by atoms with Crippen molar-refractivity contribution in [2.24, 2.45) is 5.92 Å². The van der Waals surface area contributed by atoms with Crippen LogP contribution in [0, 0.1) is 5.92 Å². The fourth-order valence-electron chi connectivity index (χ4n) is 3.13. The molecule has 0 saturated carbocycles. The molecule has 0 aliphatic carbocycles. The van der Waals surface area contributed by atoms with Crippen LogP contribution in [-0.4, -0.2) is 39.6 Å². The predicted octanol–water partition coefficient (Wildman–Crippen LogP) is 2.80. The molecular weight excluding hydrogens is 264 g/mol. The summed E-state index contributed by atoms with van der Waals surface area (Å²) in [5.41, 5.74) is 1.69. The normalized spacial score (nSPS) is 16.6. The number of imidazole rings is 1. The Morgan fingerprint density at radius 3 is 2.81 bits per heavy atom. The predicted molar refractivity (Wildman–Crippen MR) is 85.7 cm³/mol. The molecule has 3 rings (SSSR count). The van der Waals surface area contributed by atoms with E-state index in [-0.39, 0.29) is 0 Å². The molecule has 0 amide bonds. The van der Waals surface area contributed by atoms with Crippen molar-refractivity contribution in [2.45, 2.75) is 39.5 Å². The number of aromatic nitrogens is 4. The van der Waals surface area contributed by atoms with E-state index in [0.29, 0.717) is 5.95 Å². The standard InChI is InChI=1S/C15H24N6/c1-3-5-11-6-8-21(9-7-11)14-12-13(18-10-17-12)19-15(20-14)16-4-2/h10-11H,3-9H2,1-2H3,(H2,16,17,18,19,20). The van der Waals surface area contributed by atoms with Crippen molar-refractivity contribution in [1.29, 1.82) is 0 Å². The molecule has 0 bridgehead atoms. The number of nitrogens with zero attached hydrogens (tertiary/aromatic N) is 4. The van der Waals surface area contributed by atoms with E-state index in [1.165, 1.54) is 25.7 Å². The molecule has 1 aliphatic heterocycles. The molecule has 0 radical (unpaired) electrons. The third-order valence-corrected chi connectivity index (χ3v) is 4.21. The second-order valence-corrected chi connectivity index (χ2v) is 5.72. The third-order valence-electron chi connectivity index (χ3n) is 4.21. The van der Waals surface area contributed by atoms with E-state index in [2.05, 4.69) is 32.1 Å². The summed E-state index contributed by atoms with van der Waals surface area (Å²) in [7, 11) is 0. The summed E-state index contributed by atoms with van der Waals surface area (Å²) < 4.78 is 0. The lowest BCUT2D eigenvalue weighted by molar-refractivity contribution is 0.377. The van der Waals surface area contributed by atoms with Gasteiger partial charge in [0.2, 0.25) is 5.95 Å². The summed E-state index contributed by atoms with van der Waals surface area (Å²) in [6.45, 7) is 7.28. The highest BCUT2D eigenvalue weighted by atomic mass is 15.3. The number of hydrogen-bond acceptors (Lipinski definition) is 5. The summed E-state index contributed by atoms with van der Waals surface area (Å²) in [4.78, 5) is 19.0. The minimum Gasteiger partial charge on any atom is -0.355 e. The molecule has 21 heavy (non-hydrogen) atoms. The first-order chi connectivity index (χ1) is 10.3. The summed E-state index contributed by atoms with van der Waals surface area (Å²) in [6, 6.07) is 0. The van der Waals surface area contributed by atoms with Gasteiger partial charge in [-0.25, -0.2) is 4.98 Å². The van der Waals surface area contributed by atoms with Crippen LogP contribution in [-0.2, 0) is 0 Å². The van der Waals surface area contributed by atoms with Gasteiger partial charge in [0.15, 0.2) is 11.5 Å². The Kier molecular flexibility index (Phi) is 4.22. The molecule has 0 atom stereocenters. The average Bonchev–Trinajstić information content (AvgIpc) is 2.96. The summed E-state index contributed by atoms with van der Waals surface area (Å²) in [5, 5.41) is 3.20. The first-order valence-corrected chi connectivity index (χ1v) is 8.01. The van der Waals surface area contributed by atoms with Crippen LogP contribution >= 0.6 is 0 Å². The van der Waals surface area contributed by atoms with Crippen molar-refractivity contribution >= 4 is 22.9 Å². The fraction of sp³-hybridized carbons (Fsp3) is 0.667. The topological polar surface area (TPSA) is 69.7 Å². The van der Waals surface area contributed by atoms with E-state index in [4.69, 9.17) is 4.98 Å². The zero-order chi connectivity index (χ0) is 14.7. The maximum atomic E-state index is 4.69. The Bertz CT molecular complexity index is 585. The van der Waals surface area contributed by atoms with Crippen molar-refractivity contribution in [1.82, 2.24) is 19.9 Å².